The van der Waals surface area contributed by atoms with E-state index in [9.17, 15) is 9.18 Å². The van der Waals surface area contributed by atoms with Crippen LogP contribution in [-0.2, 0) is 6.42 Å². The zero-order valence-electron chi connectivity index (χ0n) is 11.3. The van der Waals surface area contributed by atoms with Crippen LogP contribution in [0.3, 0.4) is 0 Å². The number of rotatable bonds is 3. The third kappa shape index (κ3) is 2.31. The molecule has 3 aromatic rings. The smallest absolute Gasteiger partial charge is 0.280 e. The molecular weight excluding hydrogens is 295 g/mol. The minimum atomic E-state index is -0.526. The number of hydrogen-bond acceptors (Lipinski definition) is 3. The molecule has 0 aliphatic rings. The molecule has 108 valence electrons. The fraction of sp³-hybridized carbons (Fsp3) is 0.214. The molecule has 0 saturated carbocycles. The van der Waals surface area contributed by atoms with Gasteiger partial charge in [-0.2, -0.15) is 0 Å². The van der Waals surface area contributed by atoms with Crippen LogP contribution in [0.1, 0.15) is 19.2 Å². The maximum Gasteiger partial charge on any atom is 0.300 e. The van der Waals surface area contributed by atoms with Crippen molar-refractivity contribution in [2.45, 2.75) is 19.8 Å². The summed E-state index contributed by atoms with van der Waals surface area (Å²) in [5.41, 5.74) is 0.394. The molecule has 0 saturated heterocycles. The molecule has 0 N–H and O–H groups in total. The molecule has 0 radical (unpaired) electrons. The van der Waals surface area contributed by atoms with Crippen LogP contribution in [-0.4, -0.2) is 19.2 Å². The first-order valence-corrected chi connectivity index (χ1v) is 6.90. The average molecular weight is 307 g/mol. The summed E-state index contributed by atoms with van der Waals surface area (Å²) in [5.74, 6) is 0.219. The summed E-state index contributed by atoms with van der Waals surface area (Å²) in [5, 5.41) is 7.93. The Kier molecular flexibility index (Phi) is 3.47. The summed E-state index contributed by atoms with van der Waals surface area (Å²) in [6.07, 6.45) is 4.98. The molecule has 0 aliphatic carbocycles. The number of aryl methyl sites for hydroxylation is 1. The molecule has 21 heavy (non-hydrogen) atoms. The van der Waals surface area contributed by atoms with Gasteiger partial charge in [0.1, 0.15) is 11.6 Å². The van der Waals surface area contributed by atoms with Crippen LogP contribution in [0.5, 0.6) is 0 Å². The molecule has 0 spiro atoms. The fourth-order valence-corrected chi connectivity index (χ4v) is 2.34. The van der Waals surface area contributed by atoms with Crippen molar-refractivity contribution in [2.75, 3.05) is 0 Å². The largest absolute Gasteiger partial charge is 0.300 e. The van der Waals surface area contributed by atoms with Crippen LogP contribution >= 0.6 is 11.6 Å². The van der Waals surface area contributed by atoms with Crippen molar-refractivity contribution in [2.24, 2.45) is 0 Å². The molecule has 5 nitrogen and oxygen atoms in total. The van der Waals surface area contributed by atoms with Crippen molar-refractivity contribution in [1.29, 1.82) is 0 Å². The SMILES string of the molecule is CCCc1nnc2c(=O)n(-c3ccc(F)c(Cl)c3)ccn12. The third-order valence-corrected chi connectivity index (χ3v) is 3.49. The van der Waals surface area contributed by atoms with Crippen molar-refractivity contribution < 1.29 is 4.39 Å². The Bertz CT molecular complexity index is 871. The molecule has 2 heterocycles. The second-order valence-electron chi connectivity index (χ2n) is 4.63. The Morgan fingerprint density at radius 2 is 2.10 bits per heavy atom. The number of halogens is 2. The molecule has 1 aromatic carbocycles. The number of aromatic nitrogens is 4. The lowest BCUT2D eigenvalue weighted by molar-refractivity contribution is 0.627. The van der Waals surface area contributed by atoms with E-state index >= 15 is 0 Å². The van der Waals surface area contributed by atoms with Gasteiger partial charge < -0.3 is 0 Å². The summed E-state index contributed by atoms with van der Waals surface area (Å²) >= 11 is 5.76. The van der Waals surface area contributed by atoms with Crippen LogP contribution in [0.25, 0.3) is 11.3 Å². The molecule has 0 unspecified atom stereocenters. The normalized spacial score (nSPS) is 11.2. The lowest BCUT2D eigenvalue weighted by Gasteiger charge is -2.07. The maximum absolute atomic E-state index is 13.2. The second-order valence-corrected chi connectivity index (χ2v) is 5.04. The highest BCUT2D eigenvalue weighted by Gasteiger charge is 2.11. The van der Waals surface area contributed by atoms with Gasteiger partial charge in [0, 0.05) is 18.8 Å². The number of hydrogen-bond donors (Lipinski definition) is 0. The fourth-order valence-electron chi connectivity index (χ4n) is 2.17. The standard InChI is InChI=1S/C14H12ClFN4O/c1-2-3-12-17-18-13-14(21)19(6-7-20(12)13)9-4-5-11(16)10(15)8-9/h4-8H,2-3H2,1H3. The molecule has 0 aliphatic heterocycles. The molecule has 0 fully saturated rings. The Labute approximate surface area is 124 Å². The third-order valence-electron chi connectivity index (χ3n) is 3.20. The first-order valence-electron chi connectivity index (χ1n) is 6.52. The van der Waals surface area contributed by atoms with E-state index in [0.29, 0.717) is 5.69 Å². The number of fused-ring (bicyclic) bond motifs is 1. The van der Waals surface area contributed by atoms with E-state index < -0.39 is 5.82 Å². The summed E-state index contributed by atoms with van der Waals surface area (Å²) in [6, 6.07) is 4.11. The quantitative estimate of drug-likeness (QED) is 0.747. The topological polar surface area (TPSA) is 52.2 Å². The minimum absolute atomic E-state index is 0.0348. The summed E-state index contributed by atoms with van der Waals surface area (Å²) < 4.78 is 16.3. The van der Waals surface area contributed by atoms with Gasteiger partial charge in [-0.1, -0.05) is 18.5 Å². The van der Waals surface area contributed by atoms with Crippen LogP contribution < -0.4 is 5.56 Å². The van der Waals surface area contributed by atoms with Crippen LogP contribution in [0.4, 0.5) is 4.39 Å². The predicted octanol–water partition coefficient (Wildman–Crippen LogP) is 2.63. The Hall–Kier alpha value is -2.21. The van der Waals surface area contributed by atoms with Crippen molar-refractivity contribution in [3.63, 3.8) is 0 Å². The van der Waals surface area contributed by atoms with Gasteiger partial charge in [-0.15, -0.1) is 10.2 Å². The summed E-state index contributed by atoms with van der Waals surface area (Å²) in [7, 11) is 0. The van der Waals surface area contributed by atoms with Gasteiger partial charge in [0.25, 0.3) is 0 Å². The van der Waals surface area contributed by atoms with E-state index in [1.807, 2.05) is 6.92 Å². The molecule has 7 heteroatoms. The first kappa shape index (κ1) is 13.8. The highest BCUT2D eigenvalue weighted by Crippen LogP contribution is 2.18. The lowest BCUT2D eigenvalue weighted by Crippen LogP contribution is -2.20. The minimum Gasteiger partial charge on any atom is -0.280 e. The van der Waals surface area contributed by atoms with Gasteiger partial charge in [-0.3, -0.25) is 13.8 Å². The van der Waals surface area contributed by atoms with Crippen molar-refractivity contribution >= 4 is 17.2 Å². The Morgan fingerprint density at radius 3 is 2.81 bits per heavy atom. The number of nitrogens with zero attached hydrogens (tertiary/aromatic N) is 4. The lowest BCUT2D eigenvalue weighted by atomic mass is 10.3. The van der Waals surface area contributed by atoms with E-state index in [4.69, 9.17) is 11.6 Å². The molecule has 0 atom stereocenters. The van der Waals surface area contributed by atoms with E-state index in [0.717, 1.165) is 18.7 Å². The monoisotopic (exact) mass is 306 g/mol. The van der Waals surface area contributed by atoms with E-state index in [-0.39, 0.29) is 16.2 Å². The predicted molar refractivity (Wildman–Crippen MR) is 77.5 cm³/mol. The molecule has 2 aromatic heterocycles. The van der Waals surface area contributed by atoms with Gasteiger partial charge in [-0.05, 0) is 24.6 Å². The van der Waals surface area contributed by atoms with Crippen LogP contribution in [0.2, 0.25) is 5.02 Å². The molecular formula is C14H12ClFN4O. The zero-order chi connectivity index (χ0) is 15.0. The van der Waals surface area contributed by atoms with Gasteiger partial charge in [0.05, 0.1) is 10.7 Å². The van der Waals surface area contributed by atoms with E-state index in [1.165, 1.54) is 22.8 Å². The van der Waals surface area contributed by atoms with Gasteiger partial charge in [0.2, 0.25) is 5.65 Å². The van der Waals surface area contributed by atoms with Crippen LogP contribution in [0, 0.1) is 5.82 Å². The van der Waals surface area contributed by atoms with E-state index in [1.54, 1.807) is 16.8 Å². The highest BCUT2D eigenvalue weighted by molar-refractivity contribution is 6.30. The Balaban J connectivity index is 2.18. The van der Waals surface area contributed by atoms with Gasteiger partial charge in [0.15, 0.2) is 0 Å². The first-order chi connectivity index (χ1) is 10.1. The highest BCUT2D eigenvalue weighted by atomic mass is 35.5. The maximum atomic E-state index is 13.2. The summed E-state index contributed by atoms with van der Waals surface area (Å²) in [4.78, 5) is 12.4. The van der Waals surface area contributed by atoms with Crippen molar-refractivity contribution in [3.05, 3.63) is 57.6 Å². The average Bonchev–Trinajstić information content (AvgIpc) is 2.87. The molecule has 0 amide bonds. The van der Waals surface area contributed by atoms with Gasteiger partial charge >= 0.3 is 5.56 Å². The molecule has 0 bridgehead atoms. The zero-order valence-corrected chi connectivity index (χ0v) is 12.0. The molecule has 3 rings (SSSR count). The van der Waals surface area contributed by atoms with Gasteiger partial charge in [-0.25, -0.2) is 4.39 Å². The summed E-state index contributed by atoms with van der Waals surface area (Å²) in [6.45, 7) is 2.03. The second kappa shape index (κ2) is 5.29. The van der Waals surface area contributed by atoms with Crippen molar-refractivity contribution in [1.82, 2.24) is 19.2 Å². The van der Waals surface area contributed by atoms with Crippen LogP contribution in [0.15, 0.2) is 35.4 Å². The van der Waals surface area contributed by atoms with E-state index in [2.05, 4.69) is 10.2 Å². The number of benzene rings is 1. The van der Waals surface area contributed by atoms with Crippen molar-refractivity contribution in [3.8, 4) is 5.69 Å². The Morgan fingerprint density at radius 1 is 1.29 bits per heavy atom.